The number of nitrogen functional groups attached to an aromatic ring is 1. The van der Waals surface area contributed by atoms with E-state index in [4.69, 9.17) is 15.2 Å². The summed E-state index contributed by atoms with van der Waals surface area (Å²) >= 11 is 0. The van der Waals surface area contributed by atoms with Crippen LogP contribution in [-0.4, -0.2) is 37.8 Å². The Morgan fingerprint density at radius 2 is 2.21 bits per heavy atom. The summed E-state index contributed by atoms with van der Waals surface area (Å²) in [5.74, 6) is 0.865. The van der Waals surface area contributed by atoms with E-state index in [9.17, 15) is 4.79 Å². The number of rotatable bonds is 8. The van der Waals surface area contributed by atoms with Crippen molar-refractivity contribution in [3.63, 3.8) is 0 Å². The van der Waals surface area contributed by atoms with Crippen molar-refractivity contribution in [2.24, 2.45) is 5.92 Å². The number of nitrogens with zero attached hydrogens (tertiary/aromatic N) is 3. The number of nitrogens with two attached hydrogens (primary N) is 1. The second-order valence-electron chi connectivity index (χ2n) is 8.50. The Hall–Kier alpha value is -2.09. The highest BCUT2D eigenvalue weighted by Gasteiger charge is 2.28. The van der Waals surface area contributed by atoms with Gasteiger partial charge in [0.25, 0.3) is 0 Å². The van der Waals surface area contributed by atoms with E-state index in [1.54, 1.807) is 4.57 Å². The first-order chi connectivity index (χ1) is 13.3. The average molecular weight is 392 g/mol. The van der Waals surface area contributed by atoms with Gasteiger partial charge in [-0.3, -0.25) is 4.57 Å². The molecule has 3 rings (SSSR count). The minimum absolute atomic E-state index is 0.00200. The van der Waals surface area contributed by atoms with Gasteiger partial charge in [0, 0.05) is 13.2 Å². The molecule has 0 radical (unpaired) electrons. The third-order valence-electron chi connectivity index (χ3n) is 5.43. The normalized spacial score (nSPS) is 20.4. The van der Waals surface area contributed by atoms with Gasteiger partial charge < -0.3 is 20.2 Å². The largest absolute Gasteiger partial charge is 0.460 e. The minimum atomic E-state index is -0.206. The monoisotopic (exact) mass is 391 g/mol. The zero-order valence-electron chi connectivity index (χ0n) is 17.5. The summed E-state index contributed by atoms with van der Waals surface area (Å²) in [6.07, 6.45) is 6.01. The molecule has 8 nitrogen and oxygen atoms in total. The molecule has 0 aromatic carbocycles. The first-order valence-electron chi connectivity index (χ1n) is 10.4. The Balaban J connectivity index is 1.72. The lowest BCUT2D eigenvalue weighted by Gasteiger charge is -2.35. The molecule has 1 unspecified atom stereocenters. The molecule has 0 bridgehead atoms. The molecule has 1 saturated heterocycles. The van der Waals surface area contributed by atoms with Gasteiger partial charge in [0.1, 0.15) is 5.52 Å². The van der Waals surface area contributed by atoms with E-state index >= 15 is 0 Å². The lowest BCUT2D eigenvalue weighted by Crippen LogP contribution is -2.34. The van der Waals surface area contributed by atoms with Crippen molar-refractivity contribution in [3.05, 3.63) is 10.5 Å². The van der Waals surface area contributed by atoms with Gasteiger partial charge in [0.15, 0.2) is 11.5 Å². The summed E-state index contributed by atoms with van der Waals surface area (Å²) in [5, 5.41) is 0. The number of H-pyrrole nitrogens is 1. The third kappa shape index (κ3) is 4.84. The molecule has 28 heavy (non-hydrogen) atoms. The SMILES string of the molecule is CCC[C@H](C)Oc1nc(N)c2[nH]c(=O)n(CCCC3CCOC(C)(C)C3)c2n1. The van der Waals surface area contributed by atoms with E-state index < -0.39 is 0 Å². The van der Waals surface area contributed by atoms with Gasteiger partial charge in [0.2, 0.25) is 0 Å². The van der Waals surface area contributed by atoms with Gasteiger partial charge in [-0.05, 0) is 58.8 Å². The zero-order chi connectivity index (χ0) is 20.3. The maximum atomic E-state index is 12.4. The lowest BCUT2D eigenvalue weighted by atomic mass is 9.85. The second kappa shape index (κ2) is 8.51. The molecule has 0 amide bonds. The molecule has 1 aliphatic rings. The van der Waals surface area contributed by atoms with Gasteiger partial charge in [-0.2, -0.15) is 9.97 Å². The smallest absolute Gasteiger partial charge is 0.327 e. The van der Waals surface area contributed by atoms with Crippen LogP contribution in [0.25, 0.3) is 11.2 Å². The molecule has 0 saturated carbocycles. The fourth-order valence-corrected chi connectivity index (χ4v) is 4.08. The molecule has 1 fully saturated rings. The van der Waals surface area contributed by atoms with Gasteiger partial charge >= 0.3 is 11.7 Å². The molecule has 0 aliphatic carbocycles. The summed E-state index contributed by atoms with van der Waals surface area (Å²) in [4.78, 5) is 23.9. The first kappa shape index (κ1) is 20.6. The first-order valence-corrected chi connectivity index (χ1v) is 10.4. The Morgan fingerprint density at radius 1 is 1.43 bits per heavy atom. The number of aromatic nitrogens is 4. The van der Waals surface area contributed by atoms with Crippen LogP contribution in [0, 0.1) is 5.92 Å². The molecule has 2 aromatic heterocycles. The quantitative estimate of drug-likeness (QED) is 0.715. The van der Waals surface area contributed by atoms with Gasteiger partial charge in [0.05, 0.1) is 11.7 Å². The number of fused-ring (bicyclic) bond motifs is 1. The fraction of sp³-hybridized carbons (Fsp3) is 0.750. The summed E-state index contributed by atoms with van der Waals surface area (Å²) in [5.41, 5.74) is 6.77. The molecule has 8 heteroatoms. The topological polar surface area (TPSA) is 108 Å². The summed E-state index contributed by atoms with van der Waals surface area (Å²) in [7, 11) is 0. The van der Waals surface area contributed by atoms with E-state index in [0.717, 1.165) is 45.1 Å². The van der Waals surface area contributed by atoms with Crippen molar-refractivity contribution < 1.29 is 9.47 Å². The molecule has 1 aliphatic heterocycles. The predicted octanol–water partition coefficient (Wildman–Crippen LogP) is 3.25. The summed E-state index contributed by atoms with van der Waals surface area (Å²) in [6.45, 7) is 9.77. The molecular formula is C20H33N5O3. The number of aryl methyl sites for hydroxylation is 1. The Labute approximate surface area is 165 Å². The van der Waals surface area contributed by atoms with Gasteiger partial charge in [-0.1, -0.05) is 13.3 Å². The van der Waals surface area contributed by atoms with E-state index in [2.05, 4.69) is 35.7 Å². The van der Waals surface area contributed by atoms with E-state index in [1.807, 2.05) is 6.92 Å². The molecular weight excluding hydrogens is 358 g/mol. The Bertz CT molecular complexity index is 857. The maximum absolute atomic E-state index is 12.4. The highest BCUT2D eigenvalue weighted by Crippen LogP contribution is 2.31. The van der Waals surface area contributed by atoms with E-state index in [-0.39, 0.29) is 29.2 Å². The van der Waals surface area contributed by atoms with Gasteiger partial charge in [-0.25, -0.2) is 4.79 Å². The molecule has 3 heterocycles. The number of anilines is 1. The van der Waals surface area contributed by atoms with Crippen LogP contribution in [0.1, 0.15) is 66.2 Å². The van der Waals surface area contributed by atoms with Crippen molar-refractivity contribution >= 4 is 17.0 Å². The van der Waals surface area contributed by atoms with Crippen molar-refractivity contribution in [2.75, 3.05) is 12.3 Å². The Kier molecular flexibility index (Phi) is 6.27. The summed E-state index contributed by atoms with van der Waals surface area (Å²) in [6, 6.07) is 0.227. The van der Waals surface area contributed by atoms with Crippen LogP contribution in [0.3, 0.4) is 0 Å². The standard InChI is InChI=1S/C20H33N5O3/c1-5-7-13(2)28-18-23-16(21)15-17(24-18)25(19(26)22-15)10-6-8-14-9-11-27-20(3,4)12-14/h13-14H,5-12H2,1-4H3,(H,22,26)(H2,21,23,24)/t13-,14?/m0/s1. The Morgan fingerprint density at radius 3 is 2.93 bits per heavy atom. The van der Waals surface area contributed by atoms with Crippen LogP contribution in [0.2, 0.25) is 0 Å². The second-order valence-corrected chi connectivity index (χ2v) is 8.50. The fourth-order valence-electron chi connectivity index (χ4n) is 4.08. The van der Waals surface area contributed by atoms with Crippen LogP contribution in [0.4, 0.5) is 5.82 Å². The molecule has 3 N–H and O–H groups in total. The van der Waals surface area contributed by atoms with Crippen molar-refractivity contribution in [2.45, 2.75) is 84.5 Å². The molecule has 2 aromatic rings. The number of imidazole rings is 1. The minimum Gasteiger partial charge on any atom is -0.460 e. The molecule has 2 atom stereocenters. The zero-order valence-corrected chi connectivity index (χ0v) is 17.5. The number of aromatic amines is 1. The van der Waals surface area contributed by atoms with E-state index in [0.29, 0.717) is 23.6 Å². The number of hydrogen-bond donors (Lipinski definition) is 2. The van der Waals surface area contributed by atoms with Crippen LogP contribution >= 0.6 is 0 Å². The highest BCUT2D eigenvalue weighted by molar-refractivity contribution is 5.81. The number of hydrogen-bond acceptors (Lipinski definition) is 6. The van der Waals surface area contributed by atoms with E-state index in [1.165, 1.54) is 0 Å². The number of nitrogens with one attached hydrogen (secondary N) is 1. The maximum Gasteiger partial charge on any atom is 0.327 e. The van der Waals surface area contributed by atoms with Gasteiger partial charge in [-0.15, -0.1) is 0 Å². The van der Waals surface area contributed by atoms with Crippen LogP contribution in [0.5, 0.6) is 6.01 Å². The third-order valence-corrected chi connectivity index (χ3v) is 5.43. The molecule has 0 spiro atoms. The van der Waals surface area contributed by atoms with Crippen molar-refractivity contribution in [1.29, 1.82) is 0 Å². The lowest BCUT2D eigenvalue weighted by molar-refractivity contribution is -0.0738. The van der Waals surface area contributed by atoms with Crippen LogP contribution in [-0.2, 0) is 11.3 Å². The van der Waals surface area contributed by atoms with Crippen molar-refractivity contribution in [1.82, 2.24) is 19.5 Å². The number of ether oxygens (including phenoxy) is 2. The van der Waals surface area contributed by atoms with Crippen LogP contribution in [0.15, 0.2) is 4.79 Å². The van der Waals surface area contributed by atoms with Crippen molar-refractivity contribution in [3.8, 4) is 6.01 Å². The van der Waals surface area contributed by atoms with Crippen LogP contribution < -0.4 is 16.2 Å². The highest BCUT2D eigenvalue weighted by atomic mass is 16.5. The predicted molar refractivity (Wildman–Crippen MR) is 110 cm³/mol. The average Bonchev–Trinajstić information content (AvgIpc) is 2.91. The summed E-state index contributed by atoms with van der Waals surface area (Å²) < 4.78 is 13.2. The molecule has 156 valence electrons.